The van der Waals surface area contributed by atoms with Crippen LogP contribution in [0.2, 0.25) is 0 Å². The number of nitrogens with zero attached hydrogens (tertiary/aromatic N) is 3. The maximum atomic E-state index is 12.7. The van der Waals surface area contributed by atoms with Crippen molar-refractivity contribution in [3.05, 3.63) is 42.5 Å². The van der Waals surface area contributed by atoms with Crippen LogP contribution in [0.25, 0.3) is 22.2 Å². The average molecular weight is 352 g/mol. The fourth-order valence-corrected chi connectivity index (χ4v) is 3.00. The lowest BCUT2D eigenvalue weighted by atomic mass is 10.2. The summed E-state index contributed by atoms with van der Waals surface area (Å²) in [6, 6.07) is 7.54. The molecule has 0 aliphatic carbocycles. The number of fused-ring (bicyclic) bond motifs is 2. The van der Waals surface area contributed by atoms with E-state index >= 15 is 0 Å². The molecule has 0 saturated carbocycles. The number of nitrogens with two attached hydrogens (primary N) is 1. The zero-order chi connectivity index (χ0) is 18.5. The van der Waals surface area contributed by atoms with E-state index in [-0.39, 0.29) is 5.56 Å². The van der Waals surface area contributed by atoms with Crippen molar-refractivity contribution < 1.29 is 9.53 Å². The number of carbonyl (C=O) groups is 1. The summed E-state index contributed by atoms with van der Waals surface area (Å²) in [5, 5.41) is 0. The number of hydrogen-bond acceptors (Lipinski definition) is 5. The molecule has 0 unspecified atom stereocenters. The minimum atomic E-state index is -0.448. The van der Waals surface area contributed by atoms with Gasteiger partial charge in [-0.2, -0.15) is 0 Å². The Morgan fingerprint density at radius 2 is 1.96 bits per heavy atom. The molecule has 0 atom stereocenters. The quantitative estimate of drug-likeness (QED) is 0.375. The van der Waals surface area contributed by atoms with Gasteiger partial charge in [0.1, 0.15) is 16.9 Å². The van der Waals surface area contributed by atoms with Crippen molar-refractivity contribution in [2.24, 2.45) is 0 Å². The Bertz CT molecular complexity index is 946. The standard InChI is InChI=1S/C20H24N4O2/c1-3-5-6-9-13-26-20(25)16-17-19(24(12-4-2)18(16)21)23-15-11-8-7-10-14(15)22-17/h4,7-8,10-11H,2-3,5-6,9,12-13,21H2,1H3. The van der Waals surface area contributed by atoms with Crippen molar-refractivity contribution in [1.82, 2.24) is 14.5 Å². The number of unbranched alkanes of at least 4 members (excludes halogenated alkanes) is 3. The van der Waals surface area contributed by atoms with E-state index in [0.29, 0.717) is 35.7 Å². The molecule has 2 aromatic heterocycles. The van der Waals surface area contributed by atoms with Crippen LogP contribution in [0.15, 0.2) is 36.9 Å². The molecular weight excluding hydrogens is 328 g/mol. The number of allylic oxidation sites excluding steroid dienone is 1. The van der Waals surface area contributed by atoms with Gasteiger partial charge in [-0.1, -0.05) is 44.4 Å². The summed E-state index contributed by atoms with van der Waals surface area (Å²) in [7, 11) is 0. The van der Waals surface area contributed by atoms with Crippen LogP contribution in [-0.2, 0) is 11.3 Å². The molecule has 2 N–H and O–H groups in total. The highest BCUT2D eigenvalue weighted by Gasteiger charge is 2.24. The maximum Gasteiger partial charge on any atom is 0.344 e. The summed E-state index contributed by atoms with van der Waals surface area (Å²) in [6.45, 7) is 6.73. The largest absolute Gasteiger partial charge is 0.462 e. The number of benzene rings is 1. The van der Waals surface area contributed by atoms with E-state index in [1.165, 1.54) is 0 Å². The molecule has 0 aliphatic heterocycles. The smallest absolute Gasteiger partial charge is 0.344 e. The van der Waals surface area contributed by atoms with E-state index in [2.05, 4.69) is 23.5 Å². The van der Waals surface area contributed by atoms with Crippen LogP contribution in [0.4, 0.5) is 5.82 Å². The third-order valence-electron chi connectivity index (χ3n) is 4.34. The number of nitrogen functional groups attached to an aromatic ring is 1. The van der Waals surface area contributed by atoms with E-state index in [1.807, 2.05) is 24.3 Å². The van der Waals surface area contributed by atoms with Crippen molar-refractivity contribution in [3.63, 3.8) is 0 Å². The van der Waals surface area contributed by atoms with Gasteiger partial charge in [0.05, 0.1) is 17.6 Å². The molecule has 2 heterocycles. The topological polar surface area (TPSA) is 83.0 Å². The number of rotatable bonds is 8. The molecule has 0 spiro atoms. The van der Waals surface area contributed by atoms with Crippen molar-refractivity contribution >= 4 is 34.0 Å². The minimum Gasteiger partial charge on any atom is -0.462 e. The molecule has 0 radical (unpaired) electrons. The first-order chi connectivity index (χ1) is 12.7. The third kappa shape index (κ3) is 3.40. The van der Waals surface area contributed by atoms with E-state index in [4.69, 9.17) is 10.5 Å². The molecule has 6 nitrogen and oxygen atoms in total. The first-order valence-corrected chi connectivity index (χ1v) is 8.99. The van der Waals surface area contributed by atoms with Crippen LogP contribution >= 0.6 is 0 Å². The summed E-state index contributed by atoms with van der Waals surface area (Å²) in [5.41, 5.74) is 9.05. The summed E-state index contributed by atoms with van der Waals surface area (Å²) >= 11 is 0. The number of ether oxygens (including phenoxy) is 1. The monoisotopic (exact) mass is 352 g/mol. The fraction of sp³-hybridized carbons (Fsp3) is 0.350. The van der Waals surface area contributed by atoms with Crippen LogP contribution in [0.3, 0.4) is 0 Å². The van der Waals surface area contributed by atoms with Crippen molar-refractivity contribution in [3.8, 4) is 0 Å². The van der Waals surface area contributed by atoms with Gasteiger partial charge >= 0.3 is 5.97 Å². The van der Waals surface area contributed by atoms with Gasteiger partial charge in [-0.25, -0.2) is 14.8 Å². The normalized spacial score (nSPS) is 11.1. The SMILES string of the molecule is C=CCn1c(N)c(C(=O)OCCCCCC)c2nc3ccccc3nc21. The highest BCUT2D eigenvalue weighted by atomic mass is 16.5. The summed E-state index contributed by atoms with van der Waals surface area (Å²) < 4.78 is 7.19. The lowest BCUT2D eigenvalue weighted by molar-refractivity contribution is 0.0501. The molecule has 3 rings (SSSR count). The zero-order valence-electron chi connectivity index (χ0n) is 15.1. The Kier molecular flexibility index (Phi) is 5.51. The third-order valence-corrected chi connectivity index (χ3v) is 4.34. The molecular formula is C20H24N4O2. The highest BCUT2D eigenvalue weighted by Crippen LogP contribution is 2.28. The first-order valence-electron chi connectivity index (χ1n) is 8.99. The van der Waals surface area contributed by atoms with Gasteiger partial charge in [-0.05, 0) is 18.6 Å². The average Bonchev–Trinajstić information content (AvgIpc) is 2.91. The van der Waals surface area contributed by atoms with Gasteiger partial charge in [-0.3, -0.25) is 0 Å². The molecule has 3 aromatic rings. The second-order valence-electron chi connectivity index (χ2n) is 6.24. The van der Waals surface area contributed by atoms with Crippen LogP contribution in [0.1, 0.15) is 43.0 Å². The molecule has 0 bridgehead atoms. The number of esters is 1. The van der Waals surface area contributed by atoms with Gasteiger partial charge in [0.2, 0.25) is 0 Å². The molecule has 26 heavy (non-hydrogen) atoms. The molecule has 0 saturated heterocycles. The van der Waals surface area contributed by atoms with Gasteiger partial charge < -0.3 is 15.0 Å². The second-order valence-corrected chi connectivity index (χ2v) is 6.24. The number of aromatic nitrogens is 3. The van der Waals surface area contributed by atoms with E-state index in [9.17, 15) is 4.79 Å². The van der Waals surface area contributed by atoms with E-state index in [0.717, 1.165) is 31.2 Å². The molecule has 136 valence electrons. The van der Waals surface area contributed by atoms with Gasteiger partial charge in [0.15, 0.2) is 5.65 Å². The van der Waals surface area contributed by atoms with Crippen LogP contribution < -0.4 is 5.73 Å². The Balaban J connectivity index is 2.00. The van der Waals surface area contributed by atoms with Crippen LogP contribution in [-0.4, -0.2) is 27.1 Å². The number of para-hydroxylation sites is 2. The molecule has 0 aliphatic rings. The second kappa shape index (κ2) is 7.99. The summed E-state index contributed by atoms with van der Waals surface area (Å²) in [6.07, 6.45) is 5.88. The van der Waals surface area contributed by atoms with Crippen LogP contribution in [0, 0.1) is 0 Å². The predicted octanol–water partition coefficient (Wildman–Crippen LogP) is 4.09. The Morgan fingerprint density at radius 1 is 1.23 bits per heavy atom. The minimum absolute atomic E-state index is 0.288. The van der Waals surface area contributed by atoms with E-state index in [1.54, 1.807) is 10.6 Å². The molecule has 0 fully saturated rings. The molecule has 6 heteroatoms. The Morgan fingerprint density at radius 3 is 2.65 bits per heavy atom. The highest BCUT2D eigenvalue weighted by molar-refractivity contribution is 6.08. The lowest BCUT2D eigenvalue weighted by Crippen LogP contribution is -2.10. The van der Waals surface area contributed by atoms with Gasteiger partial charge in [0.25, 0.3) is 0 Å². The number of hydrogen-bond donors (Lipinski definition) is 1. The van der Waals surface area contributed by atoms with Gasteiger partial charge in [-0.15, -0.1) is 6.58 Å². The Hall–Kier alpha value is -2.89. The summed E-state index contributed by atoms with van der Waals surface area (Å²) in [4.78, 5) is 21.9. The lowest BCUT2D eigenvalue weighted by Gasteiger charge is -2.05. The van der Waals surface area contributed by atoms with Crippen molar-refractivity contribution in [1.29, 1.82) is 0 Å². The van der Waals surface area contributed by atoms with Crippen LogP contribution in [0.5, 0.6) is 0 Å². The molecule has 1 aromatic carbocycles. The number of anilines is 1. The zero-order valence-corrected chi connectivity index (χ0v) is 15.1. The van der Waals surface area contributed by atoms with Crippen molar-refractivity contribution in [2.45, 2.75) is 39.2 Å². The predicted molar refractivity (Wildman–Crippen MR) is 104 cm³/mol. The first kappa shape index (κ1) is 17.9. The summed E-state index contributed by atoms with van der Waals surface area (Å²) in [5.74, 6) is -0.134. The van der Waals surface area contributed by atoms with E-state index < -0.39 is 5.97 Å². The Labute approximate surface area is 152 Å². The van der Waals surface area contributed by atoms with Gasteiger partial charge in [0, 0.05) is 6.54 Å². The maximum absolute atomic E-state index is 12.7. The number of carbonyl (C=O) groups excluding carboxylic acids is 1. The fourth-order valence-electron chi connectivity index (χ4n) is 3.00. The van der Waals surface area contributed by atoms with Crippen molar-refractivity contribution in [2.75, 3.05) is 12.3 Å². The molecule has 0 amide bonds.